The van der Waals surface area contributed by atoms with Crippen LogP contribution in [0.2, 0.25) is 0 Å². The molecule has 0 saturated heterocycles. The lowest BCUT2D eigenvalue weighted by atomic mass is 10.3. The van der Waals surface area contributed by atoms with Crippen LogP contribution < -0.4 is 5.69 Å². The Morgan fingerprint density at radius 2 is 2.31 bits per heavy atom. The highest BCUT2D eigenvalue weighted by Crippen LogP contribution is 2.10. The van der Waals surface area contributed by atoms with E-state index in [0.717, 1.165) is 5.56 Å². The molecule has 2 aromatic rings. The van der Waals surface area contributed by atoms with E-state index >= 15 is 0 Å². The maximum Gasteiger partial charge on any atom is 0.355 e. The van der Waals surface area contributed by atoms with Gasteiger partial charge in [0.15, 0.2) is 5.16 Å². The van der Waals surface area contributed by atoms with Crippen molar-refractivity contribution in [2.75, 3.05) is 5.75 Å². The molecule has 0 unspecified atom stereocenters. The predicted molar refractivity (Wildman–Crippen MR) is 63.6 cm³/mol. The summed E-state index contributed by atoms with van der Waals surface area (Å²) in [6, 6.07) is 3.69. The number of thioether (sulfide) groups is 1. The fourth-order valence-electron chi connectivity index (χ4n) is 1.27. The third-order valence-electron chi connectivity index (χ3n) is 1.97. The Balaban J connectivity index is 2.56. The molecule has 16 heavy (non-hydrogen) atoms. The van der Waals surface area contributed by atoms with Gasteiger partial charge in [-0.05, 0) is 18.6 Å². The summed E-state index contributed by atoms with van der Waals surface area (Å²) in [7, 11) is 0. The monoisotopic (exact) mass is 231 g/mol. The molecule has 0 N–H and O–H groups in total. The van der Waals surface area contributed by atoms with Crippen molar-refractivity contribution in [2.45, 2.75) is 12.1 Å². The molecular formula is C11H9N3OS. The minimum Gasteiger partial charge on any atom is -0.251 e. The summed E-state index contributed by atoms with van der Waals surface area (Å²) in [6.45, 7) is 1.91. The second-order valence-electron chi connectivity index (χ2n) is 3.22. The van der Waals surface area contributed by atoms with Crippen molar-refractivity contribution < 1.29 is 0 Å². The summed E-state index contributed by atoms with van der Waals surface area (Å²) >= 11 is 1.28. The van der Waals surface area contributed by atoms with Crippen molar-refractivity contribution in [3.8, 4) is 12.3 Å². The number of nitrogens with zero attached hydrogens (tertiary/aromatic N) is 3. The Labute approximate surface area is 96.7 Å². The molecule has 0 aliphatic rings. The van der Waals surface area contributed by atoms with Crippen LogP contribution in [-0.2, 0) is 0 Å². The number of rotatable bonds is 2. The van der Waals surface area contributed by atoms with E-state index in [-0.39, 0.29) is 5.69 Å². The van der Waals surface area contributed by atoms with Gasteiger partial charge in [0.05, 0.1) is 5.75 Å². The molecule has 0 atom stereocenters. The highest BCUT2D eigenvalue weighted by atomic mass is 32.2. The average molecular weight is 231 g/mol. The Kier molecular flexibility index (Phi) is 2.93. The lowest BCUT2D eigenvalue weighted by Crippen LogP contribution is -2.19. The summed E-state index contributed by atoms with van der Waals surface area (Å²) < 4.78 is 1.43. The molecule has 2 aromatic heterocycles. The number of hydrogen-bond acceptors (Lipinski definition) is 4. The molecule has 0 fully saturated rings. The lowest BCUT2D eigenvalue weighted by molar-refractivity contribution is 0.844. The van der Waals surface area contributed by atoms with Crippen LogP contribution in [0.5, 0.6) is 0 Å². The van der Waals surface area contributed by atoms with Crippen LogP contribution in [0.3, 0.4) is 0 Å². The van der Waals surface area contributed by atoms with E-state index in [1.165, 1.54) is 16.2 Å². The molecule has 2 heterocycles. The third kappa shape index (κ3) is 2.07. The quantitative estimate of drug-likeness (QED) is 0.574. The van der Waals surface area contributed by atoms with Gasteiger partial charge in [0.25, 0.3) is 0 Å². The van der Waals surface area contributed by atoms with E-state index in [2.05, 4.69) is 15.9 Å². The number of fused-ring (bicyclic) bond motifs is 1. The lowest BCUT2D eigenvalue weighted by Gasteiger charge is -2.02. The second-order valence-corrected chi connectivity index (χ2v) is 4.16. The molecule has 0 radical (unpaired) electrons. The van der Waals surface area contributed by atoms with Crippen LogP contribution in [0.25, 0.3) is 5.65 Å². The summed E-state index contributed by atoms with van der Waals surface area (Å²) in [5.41, 5.74) is 1.25. The standard InChI is InChI=1S/C11H9N3OS/c1-3-6-16-10-12-9-5-4-8(2)7-14(9)11(15)13-10/h1,4-5,7H,6H2,2H3. The Morgan fingerprint density at radius 3 is 3.06 bits per heavy atom. The molecule has 4 nitrogen and oxygen atoms in total. The van der Waals surface area contributed by atoms with Gasteiger partial charge >= 0.3 is 5.69 Å². The number of terminal acetylenes is 1. The SMILES string of the molecule is C#CCSc1nc(=O)n2cc(C)ccc2n1. The normalized spacial score (nSPS) is 10.2. The van der Waals surface area contributed by atoms with Crippen LogP contribution in [0.1, 0.15) is 5.56 Å². The van der Waals surface area contributed by atoms with E-state index in [0.29, 0.717) is 16.6 Å². The van der Waals surface area contributed by atoms with Gasteiger partial charge < -0.3 is 0 Å². The molecular weight excluding hydrogens is 222 g/mol. The van der Waals surface area contributed by atoms with Gasteiger partial charge in [-0.25, -0.2) is 9.78 Å². The molecule has 2 rings (SSSR count). The van der Waals surface area contributed by atoms with Crippen molar-refractivity contribution in [3.63, 3.8) is 0 Å². The molecule has 0 bridgehead atoms. The van der Waals surface area contributed by atoms with Crippen molar-refractivity contribution in [2.24, 2.45) is 0 Å². The minimum absolute atomic E-state index is 0.326. The fourth-order valence-corrected chi connectivity index (χ4v) is 1.79. The fraction of sp³-hybridized carbons (Fsp3) is 0.182. The second kappa shape index (κ2) is 4.37. The molecule has 5 heteroatoms. The molecule has 0 spiro atoms. The molecule has 0 saturated carbocycles. The van der Waals surface area contributed by atoms with Crippen LogP contribution >= 0.6 is 11.8 Å². The van der Waals surface area contributed by atoms with E-state index < -0.39 is 0 Å². The topological polar surface area (TPSA) is 47.3 Å². The summed E-state index contributed by atoms with van der Waals surface area (Å²) in [4.78, 5) is 19.7. The van der Waals surface area contributed by atoms with Gasteiger partial charge in [-0.2, -0.15) is 4.98 Å². The number of hydrogen-bond donors (Lipinski definition) is 0. The summed E-state index contributed by atoms with van der Waals surface area (Å²) in [6.07, 6.45) is 6.85. The van der Waals surface area contributed by atoms with E-state index in [1.807, 2.05) is 13.0 Å². The van der Waals surface area contributed by atoms with Gasteiger partial charge in [0.2, 0.25) is 0 Å². The maximum absolute atomic E-state index is 11.7. The number of pyridine rings is 1. The Hall–Kier alpha value is -1.80. The maximum atomic E-state index is 11.7. The average Bonchev–Trinajstić information content (AvgIpc) is 2.27. The molecule has 0 aliphatic heterocycles. The van der Waals surface area contributed by atoms with Crippen LogP contribution in [0.4, 0.5) is 0 Å². The number of aryl methyl sites for hydroxylation is 1. The van der Waals surface area contributed by atoms with E-state index in [9.17, 15) is 4.79 Å². The zero-order valence-corrected chi connectivity index (χ0v) is 9.49. The predicted octanol–water partition coefficient (Wildman–Crippen LogP) is 1.12. The van der Waals surface area contributed by atoms with Crippen molar-refractivity contribution in [3.05, 3.63) is 34.4 Å². The summed E-state index contributed by atoms with van der Waals surface area (Å²) in [5, 5.41) is 0.423. The Bertz CT molecular complexity index is 627. The number of aromatic nitrogens is 3. The molecule has 0 amide bonds. The van der Waals surface area contributed by atoms with Gasteiger partial charge in [-0.3, -0.25) is 4.40 Å². The summed E-state index contributed by atoms with van der Waals surface area (Å²) in [5.74, 6) is 2.93. The van der Waals surface area contributed by atoms with Crippen molar-refractivity contribution in [1.82, 2.24) is 14.4 Å². The van der Waals surface area contributed by atoms with Gasteiger partial charge in [0, 0.05) is 6.20 Å². The van der Waals surface area contributed by atoms with E-state index in [4.69, 9.17) is 6.42 Å². The minimum atomic E-state index is -0.326. The van der Waals surface area contributed by atoms with E-state index in [1.54, 1.807) is 12.3 Å². The zero-order valence-electron chi connectivity index (χ0n) is 8.67. The smallest absolute Gasteiger partial charge is 0.251 e. The first-order valence-electron chi connectivity index (χ1n) is 4.64. The van der Waals surface area contributed by atoms with Crippen molar-refractivity contribution >= 4 is 17.4 Å². The van der Waals surface area contributed by atoms with Gasteiger partial charge in [0.1, 0.15) is 5.65 Å². The largest absolute Gasteiger partial charge is 0.355 e. The highest BCUT2D eigenvalue weighted by Gasteiger charge is 2.03. The molecule has 0 aromatic carbocycles. The first-order chi connectivity index (χ1) is 7.70. The highest BCUT2D eigenvalue weighted by molar-refractivity contribution is 7.99. The van der Waals surface area contributed by atoms with Crippen molar-refractivity contribution in [1.29, 1.82) is 0 Å². The third-order valence-corrected chi connectivity index (χ3v) is 2.72. The first-order valence-corrected chi connectivity index (χ1v) is 5.62. The van der Waals surface area contributed by atoms with Gasteiger partial charge in [-0.1, -0.05) is 23.7 Å². The van der Waals surface area contributed by atoms with Crippen LogP contribution in [0.15, 0.2) is 28.3 Å². The van der Waals surface area contributed by atoms with Gasteiger partial charge in [-0.15, -0.1) is 6.42 Å². The van der Waals surface area contributed by atoms with Crippen LogP contribution in [0, 0.1) is 19.3 Å². The first kappa shape index (κ1) is 10.7. The van der Waals surface area contributed by atoms with Crippen LogP contribution in [-0.4, -0.2) is 20.1 Å². The Morgan fingerprint density at radius 1 is 1.50 bits per heavy atom. The molecule has 80 valence electrons. The molecule has 0 aliphatic carbocycles. The zero-order chi connectivity index (χ0) is 11.5.